The van der Waals surface area contributed by atoms with Crippen LogP contribution >= 0.6 is 0 Å². The third kappa shape index (κ3) is 1.80. The molecule has 0 aromatic heterocycles. The molecule has 52 valence electrons. The molecular formula is C5H8O3S. The first-order valence-electron chi connectivity index (χ1n) is 2.68. The Bertz CT molecular complexity index is 214. The second-order valence-electron chi connectivity index (χ2n) is 1.95. The molecule has 1 unspecified atom stereocenters. The van der Waals surface area contributed by atoms with Gasteiger partial charge < -0.3 is 0 Å². The zero-order valence-electron chi connectivity index (χ0n) is 5.07. The van der Waals surface area contributed by atoms with Gasteiger partial charge in [-0.25, -0.2) is 0 Å². The zero-order valence-corrected chi connectivity index (χ0v) is 5.89. The normalized spacial score (nSPS) is 32.3. The van der Waals surface area contributed by atoms with Crippen LogP contribution in [0.4, 0.5) is 0 Å². The third-order valence-electron chi connectivity index (χ3n) is 1.01. The molecule has 0 saturated carbocycles. The first kappa shape index (κ1) is 6.77. The summed E-state index contributed by atoms with van der Waals surface area (Å²) in [7, 11) is -3.22. The van der Waals surface area contributed by atoms with Crippen molar-refractivity contribution in [3.05, 3.63) is 12.2 Å². The van der Waals surface area contributed by atoms with E-state index in [1.807, 2.05) is 0 Å². The minimum Gasteiger partial charge on any atom is -0.263 e. The van der Waals surface area contributed by atoms with Gasteiger partial charge in [0.25, 0.3) is 10.1 Å². The van der Waals surface area contributed by atoms with Crippen LogP contribution in [0.25, 0.3) is 0 Å². The van der Waals surface area contributed by atoms with Crippen LogP contribution in [-0.4, -0.2) is 20.3 Å². The minimum absolute atomic E-state index is 0.0112. The molecule has 0 aromatic rings. The van der Waals surface area contributed by atoms with Crippen LogP contribution in [0.3, 0.4) is 0 Å². The van der Waals surface area contributed by atoms with Gasteiger partial charge in [0.2, 0.25) is 0 Å². The largest absolute Gasteiger partial charge is 0.271 e. The molecule has 0 spiro atoms. The van der Waals surface area contributed by atoms with Gasteiger partial charge in [-0.05, 0) is 6.92 Å². The summed E-state index contributed by atoms with van der Waals surface area (Å²) in [4.78, 5) is 0. The first-order chi connectivity index (χ1) is 4.10. The first-order valence-corrected chi connectivity index (χ1v) is 4.25. The predicted molar refractivity (Wildman–Crippen MR) is 33.5 cm³/mol. The molecule has 3 nitrogen and oxygen atoms in total. The molecule has 0 bridgehead atoms. The summed E-state index contributed by atoms with van der Waals surface area (Å²) in [5.41, 5.74) is 0. The second kappa shape index (κ2) is 2.11. The van der Waals surface area contributed by atoms with E-state index in [0.29, 0.717) is 0 Å². The van der Waals surface area contributed by atoms with Crippen molar-refractivity contribution < 1.29 is 12.6 Å². The maximum atomic E-state index is 10.6. The molecule has 9 heavy (non-hydrogen) atoms. The quantitative estimate of drug-likeness (QED) is 0.366. The van der Waals surface area contributed by atoms with Crippen molar-refractivity contribution in [3.63, 3.8) is 0 Å². The molecule has 0 radical (unpaired) electrons. The highest BCUT2D eigenvalue weighted by Crippen LogP contribution is 2.07. The number of hydrogen-bond donors (Lipinski definition) is 0. The summed E-state index contributed by atoms with van der Waals surface area (Å²) in [6.07, 6.45) is 3.04. The summed E-state index contributed by atoms with van der Waals surface area (Å²) < 4.78 is 25.7. The Morgan fingerprint density at radius 3 is 2.67 bits per heavy atom. The summed E-state index contributed by atoms with van der Waals surface area (Å²) in [6, 6.07) is 0. The number of rotatable bonds is 0. The van der Waals surface area contributed by atoms with Gasteiger partial charge in [-0.3, -0.25) is 4.18 Å². The van der Waals surface area contributed by atoms with E-state index in [0.717, 1.165) is 0 Å². The summed E-state index contributed by atoms with van der Waals surface area (Å²) >= 11 is 0. The Balaban J connectivity index is 2.81. The van der Waals surface area contributed by atoms with Gasteiger partial charge in [-0.15, -0.1) is 0 Å². The Morgan fingerprint density at radius 1 is 1.67 bits per heavy atom. The molecule has 1 aliphatic rings. The van der Waals surface area contributed by atoms with E-state index in [4.69, 9.17) is 0 Å². The van der Waals surface area contributed by atoms with Crippen LogP contribution in [-0.2, 0) is 14.3 Å². The smallest absolute Gasteiger partial charge is 0.263 e. The van der Waals surface area contributed by atoms with Crippen LogP contribution in [0.2, 0.25) is 0 Å². The molecule has 0 saturated heterocycles. The van der Waals surface area contributed by atoms with Crippen molar-refractivity contribution in [2.24, 2.45) is 0 Å². The van der Waals surface area contributed by atoms with Gasteiger partial charge in [-0.1, -0.05) is 12.2 Å². The SMILES string of the molecule is CC1C=CCS(=O)(=O)O1. The number of hydrogen-bond acceptors (Lipinski definition) is 3. The maximum absolute atomic E-state index is 10.6. The standard InChI is InChI=1S/C5H8O3S/c1-5-3-2-4-9(6,7)8-5/h2-3,5H,4H2,1H3. The van der Waals surface area contributed by atoms with Crippen molar-refractivity contribution >= 4 is 10.1 Å². The van der Waals surface area contributed by atoms with Crippen LogP contribution in [0.15, 0.2) is 12.2 Å². The summed E-state index contributed by atoms with van der Waals surface area (Å²) in [5.74, 6) is 0.0112. The lowest BCUT2D eigenvalue weighted by atomic mass is 10.4. The molecule has 0 aliphatic carbocycles. The molecule has 0 aromatic carbocycles. The fourth-order valence-electron chi connectivity index (χ4n) is 0.668. The van der Waals surface area contributed by atoms with Gasteiger partial charge in [0.1, 0.15) is 0 Å². The molecule has 1 heterocycles. The van der Waals surface area contributed by atoms with Crippen LogP contribution < -0.4 is 0 Å². The molecular weight excluding hydrogens is 140 g/mol. The topological polar surface area (TPSA) is 43.4 Å². The van der Waals surface area contributed by atoms with Crippen molar-refractivity contribution in [2.75, 3.05) is 5.75 Å². The van der Waals surface area contributed by atoms with Crippen molar-refractivity contribution in [3.8, 4) is 0 Å². The van der Waals surface area contributed by atoms with Crippen molar-refractivity contribution in [1.82, 2.24) is 0 Å². The van der Waals surface area contributed by atoms with E-state index in [1.54, 1.807) is 19.1 Å². The van der Waals surface area contributed by atoms with E-state index < -0.39 is 10.1 Å². The van der Waals surface area contributed by atoms with Crippen molar-refractivity contribution in [2.45, 2.75) is 13.0 Å². The monoisotopic (exact) mass is 148 g/mol. The van der Waals surface area contributed by atoms with E-state index in [9.17, 15) is 8.42 Å². The highest BCUT2D eigenvalue weighted by Gasteiger charge is 2.16. The molecule has 1 aliphatic heterocycles. The molecule has 0 fully saturated rings. The Hall–Kier alpha value is -0.350. The van der Waals surface area contributed by atoms with Crippen LogP contribution in [0.1, 0.15) is 6.92 Å². The minimum atomic E-state index is -3.22. The van der Waals surface area contributed by atoms with Crippen LogP contribution in [0, 0.1) is 0 Å². The Morgan fingerprint density at radius 2 is 2.33 bits per heavy atom. The van der Waals surface area contributed by atoms with E-state index in [1.165, 1.54) is 0 Å². The molecule has 0 amide bonds. The fraction of sp³-hybridized carbons (Fsp3) is 0.600. The maximum Gasteiger partial charge on any atom is 0.271 e. The third-order valence-corrected chi connectivity index (χ3v) is 2.20. The van der Waals surface area contributed by atoms with Gasteiger partial charge >= 0.3 is 0 Å². The molecule has 1 rings (SSSR count). The van der Waals surface area contributed by atoms with Crippen molar-refractivity contribution in [1.29, 1.82) is 0 Å². The highest BCUT2D eigenvalue weighted by molar-refractivity contribution is 7.86. The van der Waals surface area contributed by atoms with Gasteiger partial charge in [-0.2, -0.15) is 8.42 Å². The zero-order chi connectivity index (χ0) is 6.91. The molecule has 4 heteroatoms. The van der Waals surface area contributed by atoms with Gasteiger partial charge in [0.05, 0.1) is 11.9 Å². The lowest BCUT2D eigenvalue weighted by molar-refractivity contribution is 0.271. The lowest BCUT2D eigenvalue weighted by Gasteiger charge is -2.11. The summed E-state index contributed by atoms with van der Waals surface area (Å²) in [5, 5.41) is 0. The predicted octanol–water partition coefficient (Wildman–Crippen LogP) is 0.291. The van der Waals surface area contributed by atoms with Gasteiger partial charge in [0, 0.05) is 0 Å². The Labute approximate surface area is 54.5 Å². The average molecular weight is 148 g/mol. The summed E-state index contributed by atoms with van der Waals surface area (Å²) in [6.45, 7) is 1.69. The van der Waals surface area contributed by atoms with Crippen LogP contribution in [0.5, 0.6) is 0 Å². The lowest BCUT2D eigenvalue weighted by Crippen LogP contribution is -2.19. The van der Waals surface area contributed by atoms with Gasteiger partial charge in [0.15, 0.2) is 0 Å². The van der Waals surface area contributed by atoms with E-state index in [-0.39, 0.29) is 11.9 Å². The Kier molecular flexibility index (Phi) is 1.59. The fourth-order valence-corrected chi connectivity index (χ4v) is 1.62. The highest BCUT2D eigenvalue weighted by atomic mass is 32.2. The average Bonchev–Trinajstić information content (AvgIpc) is 1.60. The molecule has 0 N–H and O–H groups in total. The second-order valence-corrected chi connectivity index (χ2v) is 3.59. The molecule has 1 atom stereocenters. The van der Waals surface area contributed by atoms with E-state index in [2.05, 4.69) is 4.18 Å². The van der Waals surface area contributed by atoms with E-state index >= 15 is 0 Å².